The van der Waals surface area contributed by atoms with Crippen molar-refractivity contribution >= 4 is 0 Å². The summed E-state index contributed by atoms with van der Waals surface area (Å²) in [5.41, 5.74) is 0. The lowest BCUT2D eigenvalue weighted by Crippen LogP contribution is -2.37. The lowest BCUT2D eigenvalue weighted by atomic mass is 10.0. The Morgan fingerprint density at radius 3 is 1.33 bits per heavy atom. The summed E-state index contributed by atoms with van der Waals surface area (Å²) in [7, 11) is 0. The van der Waals surface area contributed by atoms with Crippen LogP contribution in [0.15, 0.2) is 12.4 Å². The second kappa shape index (κ2) is 25.8. The summed E-state index contributed by atoms with van der Waals surface area (Å²) < 4.78 is 5.21. The number of hydrogen-bond donors (Lipinski definition) is 0. The van der Waals surface area contributed by atoms with Gasteiger partial charge in [0.1, 0.15) is 12.4 Å². The van der Waals surface area contributed by atoms with Gasteiger partial charge in [0.25, 0.3) is 5.82 Å². The summed E-state index contributed by atoms with van der Waals surface area (Å²) in [4.78, 5) is 0. The van der Waals surface area contributed by atoms with Crippen molar-refractivity contribution in [1.29, 1.82) is 0 Å². The van der Waals surface area contributed by atoms with Crippen LogP contribution in [-0.2, 0) is 19.5 Å². The first-order valence-electron chi connectivity index (χ1n) is 16.9. The minimum absolute atomic E-state index is 1.22. The largest absolute Gasteiger partial charge is 0.256 e. The minimum atomic E-state index is 1.22. The molecule has 0 aliphatic heterocycles. The van der Waals surface area contributed by atoms with Gasteiger partial charge in [0.05, 0.1) is 13.1 Å². The van der Waals surface area contributed by atoms with Crippen LogP contribution in [0.1, 0.15) is 187 Å². The van der Waals surface area contributed by atoms with E-state index in [9.17, 15) is 0 Å². The maximum absolute atomic E-state index is 2.61. The highest BCUT2D eigenvalue weighted by Gasteiger charge is 2.16. The van der Waals surface area contributed by atoms with E-state index in [0.29, 0.717) is 0 Å². The Labute approximate surface area is 228 Å². The lowest BCUT2D eigenvalue weighted by Gasteiger charge is -2.07. The SMILES string of the molecule is CCCCCCCCCCCCCCCCn1cc[n+](CCCCCCC)c1CCCCCCCC. The van der Waals surface area contributed by atoms with Crippen LogP contribution in [0.3, 0.4) is 0 Å². The van der Waals surface area contributed by atoms with Crippen LogP contribution in [-0.4, -0.2) is 4.57 Å². The van der Waals surface area contributed by atoms with Crippen LogP contribution in [0.25, 0.3) is 0 Å². The van der Waals surface area contributed by atoms with Crippen molar-refractivity contribution in [2.75, 3.05) is 0 Å². The van der Waals surface area contributed by atoms with Crippen molar-refractivity contribution in [3.8, 4) is 0 Å². The number of aryl methyl sites for hydroxylation is 2. The van der Waals surface area contributed by atoms with Gasteiger partial charge in [-0.3, -0.25) is 0 Å². The molecule has 0 N–H and O–H groups in total. The molecule has 1 rings (SSSR count). The van der Waals surface area contributed by atoms with Crippen LogP contribution in [0.2, 0.25) is 0 Å². The zero-order valence-electron chi connectivity index (χ0n) is 25.3. The number of aromatic nitrogens is 2. The molecule has 2 nitrogen and oxygen atoms in total. The van der Waals surface area contributed by atoms with Gasteiger partial charge >= 0.3 is 0 Å². The summed E-state index contributed by atoms with van der Waals surface area (Å²) in [6, 6.07) is 0. The first-order valence-corrected chi connectivity index (χ1v) is 16.9. The zero-order chi connectivity index (χ0) is 25.9. The molecule has 0 saturated carbocycles. The van der Waals surface area contributed by atoms with Crippen LogP contribution >= 0.6 is 0 Å². The van der Waals surface area contributed by atoms with E-state index >= 15 is 0 Å². The van der Waals surface area contributed by atoms with Crippen LogP contribution in [0.5, 0.6) is 0 Å². The van der Waals surface area contributed by atoms with Gasteiger partial charge in [0.15, 0.2) is 0 Å². The normalized spacial score (nSPS) is 11.5. The highest BCUT2D eigenvalue weighted by molar-refractivity contribution is 4.84. The topological polar surface area (TPSA) is 8.81 Å². The predicted molar refractivity (Wildman–Crippen MR) is 161 cm³/mol. The molecule has 0 atom stereocenters. The molecule has 1 heterocycles. The van der Waals surface area contributed by atoms with Crippen molar-refractivity contribution in [3.63, 3.8) is 0 Å². The number of imidazole rings is 1. The Morgan fingerprint density at radius 2 is 0.861 bits per heavy atom. The smallest absolute Gasteiger partial charge is 0.234 e. The van der Waals surface area contributed by atoms with E-state index in [1.165, 1.54) is 180 Å². The summed E-state index contributed by atoms with van der Waals surface area (Å²) >= 11 is 0. The van der Waals surface area contributed by atoms with E-state index in [4.69, 9.17) is 0 Å². The van der Waals surface area contributed by atoms with Crippen LogP contribution in [0, 0.1) is 0 Å². The van der Waals surface area contributed by atoms with Gasteiger partial charge in [-0.05, 0) is 32.1 Å². The third-order valence-electron chi connectivity index (χ3n) is 8.10. The third kappa shape index (κ3) is 18.5. The standard InChI is InChI=1S/C34H67N2/c1-4-7-10-13-15-16-17-18-19-20-21-22-25-28-31-36-33-32-35(30-27-24-12-9-6-3)34(36)29-26-23-14-11-8-5-2/h32-33H,4-31H2,1-3H3/q+1. The quantitative estimate of drug-likeness (QED) is 0.0794. The van der Waals surface area contributed by atoms with Gasteiger partial charge in [0, 0.05) is 6.42 Å². The molecular weight excluding hydrogens is 436 g/mol. The highest BCUT2D eigenvalue weighted by atomic mass is 15.1. The summed E-state index contributed by atoms with van der Waals surface area (Å²) in [5, 5.41) is 0. The van der Waals surface area contributed by atoms with E-state index in [-0.39, 0.29) is 0 Å². The second-order valence-electron chi connectivity index (χ2n) is 11.6. The fourth-order valence-electron chi connectivity index (χ4n) is 5.62. The molecule has 212 valence electrons. The van der Waals surface area contributed by atoms with Gasteiger partial charge in [-0.25, -0.2) is 9.13 Å². The van der Waals surface area contributed by atoms with E-state index < -0.39 is 0 Å². The highest BCUT2D eigenvalue weighted by Crippen LogP contribution is 2.14. The van der Waals surface area contributed by atoms with Gasteiger partial charge in [-0.15, -0.1) is 0 Å². The first-order chi connectivity index (χ1) is 17.8. The average molecular weight is 504 g/mol. The van der Waals surface area contributed by atoms with Gasteiger partial charge < -0.3 is 0 Å². The number of unbranched alkanes of at least 4 members (excludes halogenated alkanes) is 22. The number of nitrogens with zero attached hydrogens (tertiary/aromatic N) is 2. The van der Waals surface area contributed by atoms with Crippen LogP contribution in [0.4, 0.5) is 0 Å². The average Bonchev–Trinajstić information content (AvgIpc) is 3.27. The fraction of sp³-hybridized carbons (Fsp3) is 0.912. The van der Waals surface area contributed by atoms with Gasteiger partial charge in [0.2, 0.25) is 0 Å². The molecule has 0 bridgehead atoms. The molecule has 0 fully saturated rings. The monoisotopic (exact) mass is 504 g/mol. The van der Waals surface area contributed by atoms with Crippen molar-refractivity contribution < 1.29 is 4.57 Å². The van der Waals surface area contributed by atoms with E-state index in [1.807, 2.05) is 0 Å². The molecule has 0 amide bonds. The maximum atomic E-state index is 2.61. The molecule has 0 spiro atoms. The Kier molecular flexibility index (Phi) is 23.9. The molecule has 0 aromatic carbocycles. The molecule has 0 aliphatic rings. The molecule has 1 aromatic rings. The van der Waals surface area contributed by atoms with Gasteiger partial charge in [-0.2, -0.15) is 0 Å². The fourth-order valence-corrected chi connectivity index (χ4v) is 5.62. The molecule has 1 aromatic heterocycles. The molecule has 2 heteroatoms. The summed E-state index contributed by atoms with van der Waals surface area (Å²) in [6.45, 7) is 9.38. The number of rotatable bonds is 28. The molecule has 0 aliphatic carbocycles. The third-order valence-corrected chi connectivity index (χ3v) is 8.10. The van der Waals surface area contributed by atoms with Crippen molar-refractivity contribution in [2.24, 2.45) is 0 Å². The Bertz CT molecular complexity index is 562. The Hall–Kier alpha value is -0.790. The zero-order valence-corrected chi connectivity index (χ0v) is 25.3. The molecular formula is C34H67N2+. The van der Waals surface area contributed by atoms with Crippen molar-refractivity contribution in [1.82, 2.24) is 4.57 Å². The lowest BCUT2D eigenvalue weighted by molar-refractivity contribution is -0.704. The molecule has 0 radical (unpaired) electrons. The number of hydrogen-bond acceptors (Lipinski definition) is 0. The second-order valence-corrected chi connectivity index (χ2v) is 11.6. The summed E-state index contributed by atoms with van der Waals surface area (Å²) in [5.74, 6) is 1.61. The van der Waals surface area contributed by atoms with E-state index in [1.54, 1.807) is 5.82 Å². The Balaban J connectivity index is 2.21. The predicted octanol–water partition coefficient (Wildman–Crippen LogP) is 11.1. The van der Waals surface area contributed by atoms with Gasteiger partial charge in [-0.1, -0.05) is 149 Å². The first kappa shape index (κ1) is 33.2. The molecule has 0 unspecified atom stereocenters. The Morgan fingerprint density at radius 1 is 0.472 bits per heavy atom. The van der Waals surface area contributed by atoms with E-state index in [0.717, 1.165) is 0 Å². The molecule has 0 saturated heterocycles. The van der Waals surface area contributed by atoms with E-state index in [2.05, 4.69) is 42.3 Å². The summed E-state index contributed by atoms with van der Waals surface area (Å²) in [6.07, 6.45) is 41.5. The van der Waals surface area contributed by atoms with Crippen molar-refractivity contribution in [2.45, 2.75) is 201 Å². The van der Waals surface area contributed by atoms with Crippen LogP contribution < -0.4 is 4.57 Å². The minimum Gasteiger partial charge on any atom is -0.234 e. The maximum Gasteiger partial charge on any atom is 0.256 e. The van der Waals surface area contributed by atoms with Crippen molar-refractivity contribution in [3.05, 3.63) is 18.2 Å². The molecule has 36 heavy (non-hydrogen) atoms.